The fraction of sp³-hybridized carbons (Fsp3) is 0.261. The van der Waals surface area contributed by atoms with E-state index in [0.29, 0.717) is 5.56 Å². The van der Waals surface area contributed by atoms with Crippen LogP contribution in [0.5, 0.6) is 0 Å². The number of ether oxygens (including phenoxy) is 1. The molecular formula is C23H22N2O3. The molecule has 0 saturated carbocycles. The summed E-state index contributed by atoms with van der Waals surface area (Å²) < 4.78 is 5.10. The molecule has 0 aliphatic heterocycles. The van der Waals surface area contributed by atoms with E-state index < -0.39 is 5.97 Å². The Morgan fingerprint density at radius 3 is 2.71 bits per heavy atom. The highest BCUT2D eigenvalue weighted by atomic mass is 16.5. The van der Waals surface area contributed by atoms with Gasteiger partial charge in [-0.25, -0.2) is 4.79 Å². The van der Waals surface area contributed by atoms with Gasteiger partial charge in [0.05, 0.1) is 17.7 Å². The van der Waals surface area contributed by atoms with E-state index in [9.17, 15) is 9.59 Å². The normalized spacial score (nSPS) is 15.5. The first-order chi connectivity index (χ1) is 13.6. The summed E-state index contributed by atoms with van der Waals surface area (Å²) in [6, 6.07) is 17.1. The predicted octanol–water partition coefficient (Wildman–Crippen LogP) is 3.65. The number of nitriles is 1. The van der Waals surface area contributed by atoms with Crippen LogP contribution in [0.3, 0.4) is 0 Å². The number of hydrogen-bond donors (Lipinski definition) is 0. The third-order valence-electron chi connectivity index (χ3n) is 4.99. The molecule has 5 nitrogen and oxygen atoms in total. The van der Waals surface area contributed by atoms with Crippen molar-refractivity contribution in [2.75, 3.05) is 13.7 Å². The van der Waals surface area contributed by atoms with Crippen molar-refractivity contribution in [3.63, 3.8) is 0 Å². The first-order valence-electron chi connectivity index (χ1n) is 9.27. The van der Waals surface area contributed by atoms with Crippen molar-refractivity contribution in [2.24, 2.45) is 0 Å². The molecule has 0 unspecified atom stereocenters. The number of benzene rings is 2. The van der Waals surface area contributed by atoms with E-state index in [1.165, 1.54) is 17.2 Å². The lowest BCUT2D eigenvalue weighted by atomic mass is 9.87. The van der Waals surface area contributed by atoms with Crippen LogP contribution in [-0.4, -0.2) is 30.4 Å². The maximum Gasteiger partial charge on any atom is 0.331 e. The topological polar surface area (TPSA) is 70.4 Å². The zero-order valence-corrected chi connectivity index (χ0v) is 15.8. The Morgan fingerprint density at radius 2 is 1.96 bits per heavy atom. The standard InChI is InChI=1S/C23H22N2O3/c1-25(21-8-4-6-19-5-2-3-7-20(19)21)22(26)16-28-23(27)14-13-17-9-11-18(15-24)12-10-17/h2-3,5,7,9-14,21H,4,6,8,16H2,1H3/b14-13+/t21-/m0/s1. The van der Waals surface area contributed by atoms with E-state index in [0.717, 1.165) is 24.8 Å². The molecule has 1 aliphatic carbocycles. The van der Waals surface area contributed by atoms with Gasteiger partial charge >= 0.3 is 5.97 Å². The van der Waals surface area contributed by atoms with E-state index in [4.69, 9.17) is 10.00 Å². The molecule has 0 spiro atoms. The van der Waals surface area contributed by atoms with Crippen LogP contribution in [0, 0.1) is 11.3 Å². The Morgan fingerprint density at radius 1 is 1.21 bits per heavy atom. The average Bonchev–Trinajstić information content (AvgIpc) is 2.75. The van der Waals surface area contributed by atoms with Gasteiger partial charge in [0.2, 0.25) is 0 Å². The number of nitrogens with zero attached hydrogens (tertiary/aromatic N) is 2. The maximum absolute atomic E-state index is 12.5. The van der Waals surface area contributed by atoms with Crippen LogP contribution in [0.2, 0.25) is 0 Å². The third-order valence-corrected chi connectivity index (χ3v) is 4.99. The highest BCUT2D eigenvalue weighted by molar-refractivity contribution is 5.89. The van der Waals surface area contributed by atoms with Crippen molar-refractivity contribution in [3.8, 4) is 6.07 Å². The van der Waals surface area contributed by atoms with Crippen molar-refractivity contribution in [2.45, 2.75) is 25.3 Å². The van der Waals surface area contributed by atoms with Gasteiger partial charge in [-0.2, -0.15) is 5.26 Å². The van der Waals surface area contributed by atoms with Crippen molar-refractivity contribution < 1.29 is 14.3 Å². The number of esters is 1. The van der Waals surface area contributed by atoms with Gasteiger partial charge in [-0.15, -0.1) is 0 Å². The SMILES string of the molecule is CN(C(=O)COC(=O)/C=C/c1ccc(C#N)cc1)[C@H]1CCCc2ccccc21. The minimum atomic E-state index is -0.574. The van der Waals surface area contributed by atoms with Crippen LogP contribution in [0.15, 0.2) is 54.6 Å². The van der Waals surface area contributed by atoms with Crippen LogP contribution in [0.1, 0.15) is 41.1 Å². The highest BCUT2D eigenvalue weighted by Crippen LogP contribution is 2.33. The Hall–Kier alpha value is -3.39. The molecule has 2 aromatic rings. The zero-order valence-electron chi connectivity index (χ0n) is 15.8. The number of carbonyl (C=O) groups is 2. The quantitative estimate of drug-likeness (QED) is 0.592. The summed E-state index contributed by atoms with van der Waals surface area (Å²) >= 11 is 0. The molecular weight excluding hydrogens is 352 g/mol. The van der Waals surface area contributed by atoms with Crippen molar-refractivity contribution in [3.05, 3.63) is 76.9 Å². The number of amides is 1. The van der Waals surface area contributed by atoms with Crippen molar-refractivity contribution >= 4 is 18.0 Å². The number of fused-ring (bicyclic) bond motifs is 1. The summed E-state index contributed by atoms with van der Waals surface area (Å²) in [5, 5.41) is 8.78. The van der Waals surface area contributed by atoms with Crippen LogP contribution in [0.25, 0.3) is 6.08 Å². The number of carbonyl (C=O) groups excluding carboxylic acids is 2. The molecule has 0 fully saturated rings. The summed E-state index contributed by atoms with van der Waals surface area (Å²) in [5.41, 5.74) is 3.79. The lowest BCUT2D eigenvalue weighted by molar-refractivity contribution is -0.148. The molecule has 1 aliphatic rings. The number of aryl methyl sites for hydroxylation is 1. The van der Waals surface area contributed by atoms with Crippen molar-refractivity contribution in [1.29, 1.82) is 5.26 Å². The van der Waals surface area contributed by atoms with Crippen molar-refractivity contribution in [1.82, 2.24) is 4.90 Å². The summed E-state index contributed by atoms with van der Waals surface area (Å²) in [5.74, 6) is -0.794. The minimum Gasteiger partial charge on any atom is -0.452 e. The van der Waals surface area contributed by atoms with E-state index >= 15 is 0 Å². The monoisotopic (exact) mass is 374 g/mol. The molecule has 0 radical (unpaired) electrons. The first-order valence-corrected chi connectivity index (χ1v) is 9.27. The molecule has 5 heteroatoms. The molecule has 1 amide bonds. The lowest BCUT2D eigenvalue weighted by Gasteiger charge is -2.33. The van der Waals surface area contributed by atoms with Crippen LogP contribution in [-0.2, 0) is 20.7 Å². The maximum atomic E-state index is 12.5. The number of hydrogen-bond acceptors (Lipinski definition) is 4. The number of rotatable bonds is 5. The van der Waals surface area contributed by atoms with Gasteiger partial charge in [-0.05, 0) is 54.2 Å². The Bertz CT molecular complexity index is 926. The van der Waals surface area contributed by atoms with Crippen LogP contribution < -0.4 is 0 Å². The highest BCUT2D eigenvalue weighted by Gasteiger charge is 2.26. The Kier molecular flexibility index (Phi) is 6.23. The van der Waals surface area contributed by atoms with E-state index in [1.54, 1.807) is 42.3 Å². The van der Waals surface area contributed by atoms with Crippen LogP contribution in [0.4, 0.5) is 0 Å². The Balaban J connectivity index is 1.54. The summed E-state index contributed by atoms with van der Waals surface area (Å²) in [6.07, 6.45) is 5.85. The van der Waals surface area contributed by atoms with Gasteiger partial charge in [-0.1, -0.05) is 36.4 Å². The predicted molar refractivity (Wildman–Crippen MR) is 106 cm³/mol. The molecule has 0 aromatic heterocycles. The summed E-state index contributed by atoms with van der Waals surface area (Å²) in [6.45, 7) is -0.286. The molecule has 0 heterocycles. The minimum absolute atomic E-state index is 0.0188. The second-order valence-electron chi connectivity index (χ2n) is 6.79. The van der Waals surface area contributed by atoms with Gasteiger partial charge in [0, 0.05) is 13.1 Å². The molecule has 3 rings (SSSR count). The van der Waals surface area contributed by atoms with Gasteiger partial charge in [0.25, 0.3) is 5.91 Å². The van der Waals surface area contributed by atoms with Crippen LogP contribution >= 0.6 is 0 Å². The smallest absolute Gasteiger partial charge is 0.331 e. The zero-order chi connectivity index (χ0) is 19.9. The Labute approximate surface area is 164 Å². The second-order valence-corrected chi connectivity index (χ2v) is 6.79. The molecule has 1 atom stereocenters. The third kappa shape index (κ3) is 4.66. The summed E-state index contributed by atoms with van der Waals surface area (Å²) in [7, 11) is 1.76. The fourth-order valence-electron chi connectivity index (χ4n) is 3.42. The summed E-state index contributed by atoms with van der Waals surface area (Å²) in [4.78, 5) is 26.1. The fourth-order valence-corrected chi connectivity index (χ4v) is 3.42. The van der Waals surface area contributed by atoms with Gasteiger partial charge in [-0.3, -0.25) is 4.79 Å². The molecule has 0 bridgehead atoms. The largest absolute Gasteiger partial charge is 0.452 e. The molecule has 2 aromatic carbocycles. The first kappa shape index (κ1) is 19.4. The average molecular weight is 374 g/mol. The molecule has 28 heavy (non-hydrogen) atoms. The second kappa shape index (κ2) is 9.01. The van der Waals surface area contributed by atoms with Gasteiger partial charge in [0.1, 0.15) is 0 Å². The van der Waals surface area contributed by atoms with E-state index in [1.807, 2.05) is 18.2 Å². The molecule has 142 valence electrons. The molecule has 0 saturated heterocycles. The van der Waals surface area contributed by atoms with E-state index in [-0.39, 0.29) is 18.6 Å². The number of likely N-dealkylation sites (N-methyl/N-ethyl adjacent to an activating group) is 1. The molecule has 0 N–H and O–H groups in total. The van der Waals surface area contributed by atoms with E-state index in [2.05, 4.69) is 12.1 Å². The van der Waals surface area contributed by atoms with Gasteiger partial charge < -0.3 is 9.64 Å². The lowest BCUT2D eigenvalue weighted by Crippen LogP contribution is -2.36. The van der Waals surface area contributed by atoms with Gasteiger partial charge in [0.15, 0.2) is 6.61 Å².